The molecule has 0 saturated heterocycles. The van der Waals surface area contributed by atoms with Crippen LogP contribution in [0.25, 0.3) is 39.3 Å². The summed E-state index contributed by atoms with van der Waals surface area (Å²) in [6.45, 7) is 0. The standard InChI is InChI=1S/C21H14F3N5O3/c1-31-11-8-5-9-12-15(11)26-19(32-12)14-17(25)27-18-13(10-6-3-2-4-7-10)16(21(22,23)24)28-29(18)20(14)30/h2-9,28H,25H2,1H3. The number of aromatic nitrogens is 4. The highest BCUT2D eigenvalue weighted by molar-refractivity contribution is 5.85. The fourth-order valence-corrected chi connectivity index (χ4v) is 3.57. The minimum absolute atomic E-state index is 0.182. The number of nitrogens with zero attached hydrogens (tertiary/aromatic N) is 3. The van der Waals surface area contributed by atoms with Gasteiger partial charge in [-0.05, 0) is 17.7 Å². The smallest absolute Gasteiger partial charge is 0.433 e. The zero-order valence-electron chi connectivity index (χ0n) is 16.4. The molecule has 0 aliphatic heterocycles. The van der Waals surface area contributed by atoms with Gasteiger partial charge in [0.05, 0.1) is 12.7 Å². The normalized spacial score (nSPS) is 12.0. The number of nitrogens with one attached hydrogen (secondary N) is 1. The Bertz CT molecular complexity index is 1530. The van der Waals surface area contributed by atoms with E-state index in [4.69, 9.17) is 14.9 Å². The molecule has 0 spiro atoms. The third kappa shape index (κ3) is 2.89. The number of nitrogen functional groups attached to an aromatic ring is 1. The van der Waals surface area contributed by atoms with E-state index in [-0.39, 0.29) is 34.0 Å². The van der Waals surface area contributed by atoms with E-state index >= 15 is 0 Å². The predicted molar refractivity (Wildman–Crippen MR) is 110 cm³/mol. The molecule has 162 valence electrons. The van der Waals surface area contributed by atoms with Crippen LogP contribution in [-0.4, -0.2) is 26.7 Å². The number of para-hydroxylation sites is 1. The second-order valence-electron chi connectivity index (χ2n) is 6.89. The summed E-state index contributed by atoms with van der Waals surface area (Å²) in [4.78, 5) is 21.6. The lowest BCUT2D eigenvalue weighted by Crippen LogP contribution is -2.20. The highest BCUT2D eigenvalue weighted by Gasteiger charge is 2.38. The number of anilines is 1. The molecule has 8 nitrogen and oxygen atoms in total. The number of rotatable bonds is 3. The predicted octanol–water partition coefficient (Wildman–Crippen LogP) is 4.11. The number of aromatic amines is 1. The Labute approximate surface area is 177 Å². The molecular formula is C21H14F3N5O3. The summed E-state index contributed by atoms with van der Waals surface area (Å²) in [5.74, 6) is -0.0976. The molecule has 0 fully saturated rings. The van der Waals surface area contributed by atoms with Crippen LogP contribution in [-0.2, 0) is 6.18 Å². The molecule has 3 aromatic heterocycles. The average molecular weight is 441 g/mol. The summed E-state index contributed by atoms with van der Waals surface area (Å²) < 4.78 is 53.0. The largest absolute Gasteiger partial charge is 0.494 e. The fourth-order valence-electron chi connectivity index (χ4n) is 3.57. The van der Waals surface area contributed by atoms with Crippen LogP contribution in [0.15, 0.2) is 57.7 Å². The van der Waals surface area contributed by atoms with E-state index in [0.29, 0.717) is 21.4 Å². The molecule has 11 heteroatoms. The zero-order valence-corrected chi connectivity index (χ0v) is 16.4. The summed E-state index contributed by atoms with van der Waals surface area (Å²) >= 11 is 0. The number of oxazole rings is 1. The lowest BCUT2D eigenvalue weighted by atomic mass is 10.1. The molecule has 0 aliphatic carbocycles. The number of alkyl halides is 3. The van der Waals surface area contributed by atoms with Crippen molar-refractivity contribution >= 4 is 22.6 Å². The maximum absolute atomic E-state index is 13.8. The van der Waals surface area contributed by atoms with E-state index in [1.54, 1.807) is 36.4 Å². The molecule has 5 rings (SSSR count). The number of fused-ring (bicyclic) bond motifs is 2. The van der Waals surface area contributed by atoms with Crippen molar-refractivity contribution in [3.63, 3.8) is 0 Å². The molecule has 32 heavy (non-hydrogen) atoms. The SMILES string of the molecule is COc1cccc2oc(-c3c(N)nc4c(-c5ccccc5)c(C(F)(F)F)[nH]n4c3=O)nc12. The molecule has 0 bridgehead atoms. The van der Waals surface area contributed by atoms with Gasteiger partial charge in [0.2, 0.25) is 5.89 Å². The van der Waals surface area contributed by atoms with E-state index in [1.165, 1.54) is 19.2 Å². The van der Waals surface area contributed by atoms with Gasteiger partial charge in [0.25, 0.3) is 5.56 Å². The van der Waals surface area contributed by atoms with Gasteiger partial charge in [-0.1, -0.05) is 36.4 Å². The van der Waals surface area contributed by atoms with Gasteiger partial charge < -0.3 is 14.9 Å². The monoisotopic (exact) mass is 441 g/mol. The van der Waals surface area contributed by atoms with Crippen molar-refractivity contribution < 1.29 is 22.3 Å². The van der Waals surface area contributed by atoms with Gasteiger partial charge in [-0.25, -0.2) is 9.97 Å². The van der Waals surface area contributed by atoms with Crippen molar-refractivity contribution in [2.75, 3.05) is 12.8 Å². The number of hydrogen-bond acceptors (Lipinski definition) is 6. The Morgan fingerprint density at radius 1 is 1.06 bits per heavy atom. The van der Waals surface area contributed by atoms with E-state index in [2.05, 4.69) is 15.1 Å². The van der Waals surface area contributed by atoms with Crippen LogP contribution in [0, 0.1) is 0 Å². The number of methoxy groups -OCH3 is 1. The van der Waals surface area contributed by atoms with Gasteiger partial charge in [0.1, 0.15) is 22.8 Å². The Morgan fingerprint density at radius 3 is 2.50 bits per heavy atom. The summed E-state index contributed by atoms with van der Waals surface area (Å²) in [6.07, 6.45) is -4.77. The zero-order chi connectivity index (χ0) is 22.6. The van der Waals surface area contributed by atoms with Crippen molar-refractivity contribution in [1.82, 2.24) is 19.6 Å². The third-order valence-corrected chi connectivity index (χ3v) is 4.97. The molecular weight excluding hydrogens is 427 g/mol. The highest BCUT2D eigenvalue weighted by atomic mass is 19.4. The molecule has 2 aromatic carbocycles. The van der Waals surface area contributed by atoms with Crippen LogP contribution < -0.4 is 16.0 Å². The maximum Gasteiger partial charge on any atom is 0.433 e. The van der Waals surface area contributed by atoms with Gasteiger partial charge in [0, 0.05) is 0 Å². The topological polar surface area (TPSA) is 111 Å². The molecule has 3 N–H and O–H groups in total. The van der Waals surface area contributed by atoms with Gasteiger partial charge in [-0.15, -0.1) is 0 Å². The number of ether oxygens (including phenoxy) is 1. The van der Waals surface area contributed by atoms with E-state index < -0.39 is 17.4 Å². The maximum atomic E-state index is 13.8. The molecule has 3 heterocycles. The molecule has 0 unspecified atom stereocenters. The quantitative estimate of drug-likeness (QED) is 0.436. The highest BCUT2D eigenvalue weighted by Crippen LogP contribution is 2.39. The second kappa shape index (κ2) is 6.87. The van der Waals surface area contributed by atoms with Gasteiger partial charge >= 0.3 is 6.18 Å². The first-order valence-corrected chi connectivity index (χ1v) is 9.30. The Hall–Kier alpha value is -4.28. The lowest BCUT2D eigenvalue weighted by Gasteiger charge is -2.07. The van der Waals surface area contributed by atoms with Gasteiger partial charge in [0.15, 0.2) is 16.7 Å². The van der Waals surface area contributed by atoms with E-state index in [1.807, 2.05) is 0 Å². The van der Waals surface area contributed by atoms with E-state index in [9.17, 15) is 18.0 Å². The lowest BCUT2D eigenvalue weighted by molar-refractivity contribution is -0.140. The minimum Gasteiger partial charge on any atom is -0.494 e. The Morgan fingerprint density at radius 2 is 1.81 bits per heavy atom. The van der Waals surface area contributed by atoms with Crippen LogP contribution in [0.4, 0.5) is 19.0 Å². The van der Waals surface area contributed by atoms with Crippen LogP contribution in [0.3, 0.4) is 0 Å². The van der Waals surface area contributed by atoms with Gasteiger partial charge in [-0.3, -0.25) is 9.89 Å². The number of hydrogen-bond donors (Lipinski definition) is 2. The van der Waals surface area contributed by atoms with Gasteiger partial charge in [-0.2, -0.15) is 17.7 Å². The third-order valence-electron chi connectivity index (χ3n) is 4.97. The number of nitrogens with two attached hydrogens (primary N) is 1. The first-order chi connectivity index (χ1) is 15.3. The van der Waals surface area contributed by atoms with Crippen LogP contribution >= 0.6 is 0 Å². The van der Waals surface area contributed by atoms with Crippen molar-refractivity contribution in [3.8, 4) is 28.3 Å². The molecule has 0 aliphatic rings. The molecule has 0 amide bonds. The first kappa shape index (κ1) is 19.7. The van der Waals surface area contributed by atoms with Crippen molar-refractivity contribution in [3.05, 3.63) is 64.6 Å². The van der Waals surface area contributed by atoms with Crippen molar-refractivity contribution in [2.24, 2.45) is 0 Å². The van der Waals surface area contributed by atoms with Crippen LogP contribution in [0.2, 0.25) is 0 Å². The summed E-state index contributed by atoms with van der Waals surface area (Å²) in [5, 5.41) is 2.13. The Balaban J connectivity index is 1.82. The summed E-state index contributed by atoms with van der Waals surface area (Å²) in [7, 11) is 1.45. The van der Waals surface area contributed by atoms with Crippen molar-refractivity contribution in [1.29, 1.82) is 0 Å². The van der Waals surface area contributed by atoms with Crippen molar-refractivity contribution in [2.45, 2.75) is 6.18 Å². The summed E-state index contributed by atoms with van der Waals surface area (Å²) in [5.41, 5.74) is 4.08. The van der Waals surface area contributed by atoms with Crippen LogP contribution in [0.5, 0.6) is 5.75 Å². The average Bonchev–Trinajstić information content (AvgIpc) is 3.36. The molecule has 0 radical (unpaired) electrons. The van der Waals surface area contributed by atoms with E-state index in [0.717, 1.165) is 0 Å². The van der Waals surface area contributed by atoms with Crippen LogP contribution in [0.1, 0.15) is 5.69 Å². The molecule has 5 aromatic rings. The number of H-pyrrole nitrogens is 1. The second-order valence-corrected chi connectivity index (χ2v) is 6.89. The minimum atomic E-state index is -4.77. The first-order valence-electron chi connectivity index (χ1n) is 9.30. The number of halogens is 3. The Kier molecular flexibility index (Phi) is 4.22. The molecule has 0 atom stereocenters. The molecule has 0 saturated carbocycles. The summed E-state index contributed by atoms with van der Waals surface area (Å²) in [6, 6.07) is 12.7. The fraction of sp³-hybridized carbons (Fsp3) is 0.0952. The number of benzene rings is 2.